The van der Waals surface area contributed by atoms with E-state index in [4.69, 9.17) is 0 Å². The first-order valence-electron chi connectivity index (χ1n) is 11.6. The molecular formula is C26H35N3O3. The SMILES string of the molecule is CCCCCCCCCNC(=O)C(=O)Nc1ccccc1C(=O)NCCc1ccccc1. The fourth-order valence-corrected chi connectivity index (χ4v) is 3.39. The maximum absolute atomic E-state index is 12.6. The third-order valence-corrected chi connectivity index (χ3v) is 5.23. The van der Waals surface area contributed by atoms with Gasteiger partial charge in [0.15, 0.2) is 0 Å². The standard InChI is InChI=1S/C26H35N3O3/c1-2-3-4-5-6-7-13-19-27-25(31)26(32)29-23-17-12-11-16-22(23)24(30)28-20-18-21-14-9-8-10-15-21/h8-12,14-17H,2-7,13,18-20H2,1H3,(H,27,31)(H,28,30)(H,29,32). The van der Waals surface area contributed by atoms with Crippen LogP contribution in [0.1, 0.15) is 67.8 Å². The minimum Gasteiger partial charge on any atom is -0.352 e. The van der Waals surface area contributed by atoms with Crippen LogP contribution in [0.4, 0.5) is 5.69 Å². The molecule has 2 aromatic carbocycles. The van der Waals surface area contributed by atoms with E-state index in [1.165, 1.54) is 25.7 Å². The van der Waals surface area contributed by atoms with E-state index in [-0.39, 0.29) is 5.91 Å². The van der Waals surface area contributed by atoms with Crippen molar-refractivity contribution in [3.63, 3.8) is 0 Å². The molecule has 0 aromatic heterocycles. The molecule has 0 aliphatic rings. The number of hydrogen-bond donors (Lipinski definition) is 3. The molecule has 0 atom stereocenters. The normalized spacial score (nSPS) is 10.4. The van der Waals surface area contributed by atoms with E-state index in [2.05, 4.69) is 22.9 Å². The fraction of sp³-hybridized carbons (Fsp3) is 0.423. The van der Waals surface area contributed by atoms with Gasteiger partial charge in [-0.15, -0.1) is 0 Å². The lowest BCUT2D eigenvalue weighted by Gasteiger charge is -2.11. The van der Waals surface area contributed by atoms with Crippen molar-refractivity contribution in [2.45, 2.75) is 58.3 Å². The first kappa shape index (κ1) is 25.1. The molecule has 2 rings (SSSR count). The Balaban J connectivity index is 1.75. The van der Waals surface area contributed by atoms with Crippen LogP contribution in [0.3, 0.4) is 0 Å². The summed E-state index contributed by atoms with van der Waals surface area (Å²) in [5.74, 6) is -1.74. The fourth-order valence-electron chi connectivity index (χ4n) is 3.39. The third kappa shape index (κ3) is 9.33. The topological polar surface area (TPSA) is 87.3 Å². The highest BCUT2D eigenvalue weighted by atomic mass is 16.2. The van der Waals surface area contributed by atoms with Crippen LogP contribution in [0.5, 0.6) is 0 Å². The van der Waals surface area contributed by atoms with Crippen molar-refractivity contribution in [3.05, 3.63) is 65.7 Å². The molecule has 6 heteroatoms. The van der Waals surface area contributed by atoms with Gasteiger partial charge in [0.25, 0.3) is 5.91 Å². The quantitative estimate of drug-likeness (QED) is 0.319. The second kappa shape index (κ2) is 14.8. The van der Waals surface area contributed by atoms with Gasteiger partial charge in [-0.25, -0.2) is 0 Å². The van der Waals surface area contributed by atoms with Gasteiger partial charge in [0.05, 0.1) is 11.3 Å². The molecule has 0 bridgehead atoms. The summed E-state index contributed by atoms with van der Waals surface area (Å²) in [6.07, 6.45) is 8.71. The van der Waals surface area contributed by atoms with Crippen molar-refractivity contribution in [1.29, 1.82) is 0 Å². The lowest BCUT2D eigenvalue weighted by Crippen LogP contribution is -2.36. The molecule has 0 saturated heterocycles. The van der Waals surface area contributed by atoms with Gasteiger partial charge in [0.1, 0.15) is 0 Å². The molecule has 0 aliphatic carbocycles. The van der Waals surface area contributed by atoms with E-state index in [0.717, 1.165) is 24.8 Å². The van der Waals surface area contributed by atoms with Crippen molar-refractivity contribution in [3.8, 4) is 0 Å². The summed E-state index contributed by atoms with van der Waals surface area (Å²) in [6, 6.07) is 16.6. The van der Waals surface area contributed by atoms with Gasteiger partial charge in [0, 0.05) is 13.1 Å². The zero-order chi connectivity index (χ0) is 23.0. The zero-order valence-electron chi connectivity index (χ0n) is 19.0. The van der Waals surface area contributed by atoms with Crippen LogP contribution in [0.25, 0.3) is 0 Å². The average molecular weight is 438 g/mol. The predicted octanol–water partition coefficient (Wildman–Crippen LogP) is 4.46. The van der Waals surface area contributed by atoms with E-state index in [9.17, 15) is 14.4 Å². The molecular weight excluding hydrogens is 402 g/mol. The molecule has 0 unspecified atom stereocenters. The Hall–Kier alpha value is -3.15. The van der Waals surface area contributed by atoms with Crippen LogP contribution >= 0.6 is 0 Å². The van der Waals surface area contributed by atoms with Crippen LogP contribution < -0.4 is 16.0 Å². The molecule has 0 saturated carbocycles. The average Bonchev–Trinajstić information content (AvgIpc) is 2.81. The number of para-hydroxylation sites is 1. The van der Waals surface area contributed by atoms with E-state index in [0.29, 0.717) is 30.8 Å². The van der Waals surface area contributed by atoms with Crippen LogP contribution in [0.2, 0.25) is 0 Å². The lowest BCUT2D eigenvalue weighted by molar-refractivity contribution is -0.136. The smallest absolute Gasteiger partial charge is 0.313 e. The van der Waals surface area contributed by atoms with E-state index >= 15 is 0 Å². The van der Waals surface area contributed by atoms with Crippen LogP contribution in [0.15, 0.2) is 54.6 Å². The summed E-state index contributed by atoms with van der Waals surface area (Å²) in [5, 5.41) is 8.08. The zero-order valence-corrected chi connectivity index (χ0v) is 19.0. The molecule has 32 heavy (non-hydrogen) atoms. The van der Waals surface area contributed by atoms with Crippen LogP contribution in [-0.4, -0.2) is 30.8 Å². The van der Waals surface area contributed by atoms with Gasteiger partial charge in [-0.3, -0.25) is 14.4 Å². The largest absolute Gasteiger partial charge is 0.352 e. The molecule has 2 aromatic rings. The highest BCUT2D eigenvalue weighted by Crippen LogP contribution is 2.15. The van der Waals surface area contributed by atoms with E-state index < -0.39 is 11.8 Å². The molecule has 0 fully saturated rings. The highest BCUT2D eigenvalue weighted by Gasteiger charge is 2.17. The van der Waals surface area contributed by atoms with Gasteiger partial charge in [-0.1, -0.05) is 87.9 Å². The number of nitrogens with one attached hydrogen (secondary N) is 3. The van der Waals surface area contributed by atoms with Gasteiger partial charge < -0.3 is 16.0 Å². The maximum atomic E-state index is 12.6. The second-order valence-electron chi connectivity index (χ2n) is 7.87. The van der Waals surface area contributed by atoms with Crippen molar-refractivity contribution < 1.29 is 14.4 Å². The number of rotatable bonds is 13. The Kier molecular flexibility index (Phi) is 11.6. The van der Waals surface area contributed by atoms with Gasteiger partial charge in [-0.05, 0) is 30.5 Å². The summed E-state index contributed by atoms with van der Waals surface area (Å²) in [5.41, 5.74) is 1.78. The Morgan fingerprint density at radius 1 is 0.688 bits per heavy atom. The first-order chi connectivity index (χ1) is 15.6. The number of carbonyl (C=O) groups is 3. The number of amides is 3. The monoisotopic (exact) mass is 437 g/mol. The molecule has 3 N–H and O–H groups in total. The second-order valence-corrected chi connectivity index (χ2v) is 7.87. The lowest BCUT2D eigenvalue weighted by atomic mass is 10.1. The minimum absolute atomic E-state index is 0.291. The maximum Gasteiger partial charge on any atom is 0.313 e. The Labute approximate surface area is 191 Å². The molecule has 6 nitrogen and oxygen atoms in total. The molecule has 0 heterocycles. The Bertz CT molecular complexity index is 852. The molecule has 172 valence electrons. The number of carbonyl (C=O) groups excluding carboxylic acids is 3. The van der Waals surface area contributed by atoms with Crippen LogP contribution in [-0.2, 0) is 16.0 Å². The molecule has 0 radical (unpaired) electrons. The minimum atomic E-state index is -0.766. The summed E-state index contributed by atoms with van der Waals surface area (Å²) >= 11 is 0. The summed E-state index contributed by atoms with van der Waals surface area (Å²) in [7, 11) is 0. The van der Waals surface area contributed by atoms with Gasteiger partial charge in [-0.2, -0.15) is 0 Å². The number of anilines is 1. The van der Waals surface area contributed by atoms with Crippen molar-refractivity contribution in [2.24, 2.45) is 0 Å². The van der Waals surface area contributed by atoms with Crippen molar-refractivity contribution >= 4 is 23.4 Å². The van der Waals surface area contributed by atoms with Gasteiger partial charge in [0.2, 0.25) is 0 Å². The number of hydrogen-bond acceptors (Lipinski definition) is 3. The summed E-state index contributed by atoms with van der Waals surface area (Å²) in [6.45, 7) is 3.14. The van der Waals surface area contributed by atoms with Gasteiger partial charge >= 0.3 is 11.8 Å². The Morgan fingerprint density at radius 3 is 2.09 bits per heavy atom. The highest BCUT2D eigenvalue weighted by molar-refractivity contribution is 6.40. The predicted molar refractivity (Wildman–Crippen MR) is 129 cm³/mol. The summed E-state index contributed by atoms with van der Waals surface area (Å²) in [4.78, 5) is 37.0. The van der Waals surface area contributed by atoms with Crippen molar-refractivity contribution in [2.75, 3.05) is 18.4 Å². The molecule has 3 amide bonds. The van der Waals surface area contributed by atoms with Crippen LogP contribution in [0, 0.1) is 0 Å². The Morgan fingerprint density at radius 2 is 1.34 bits per heavy atom. The third-order valence-electron chi connectivity index (χ3n) is 5.23. The summed E-state index contributed by atoms with van der Waals surface area (Å²) < 4.78 is 0. The van der Waals surface area contributed by atoms with Crippen molar-refractivity contribution in [1.82, 2.24) is 10.6 Å². The molecule has 0 aliphatic heterocycles. The van der Waals surface area contributed by atoms with E-state index in [1.807, 2.05) is 30.3 Å². The first-order valence-corrected chi connectivity index (χ1v) is 11.6. The number of unbranched alkanes of at least 4 members (excludes halogenated alkanes) is 6. The van der Waals surface area contributed by atoms with E-state index in [1.54, 1.807) is 24.3 Å². The molecule has 0 spiro atoms. The number of benzene rings is 2.